The number of hydrogen-bond acceptors (Lipinski definition) is 3. The van der Waals surface area contributed by atoms with E-state index >= 15 is 0 Å². The van der Waals surface area contributed by atoms with Crippen molar-refractivity contribution in [2.45, 2.75) is 47.2 Å². The summed E-state index contributed by atoms with van der Waals surface area (Å²) in [6.45, 7) is 10.5. The minimum atomic E-state index is -0.721. The Morgan fingerprint density at radius 3 is 2.60 bits per heavy atom. The zero-order chi connectivity index (χ0) is 15.1. The number of rotatable bonds is 9. The zero-order valence-electron chi connectivity index (χ0n) is 13.0. The van der Waals surface area contributed by atoms with Gasteiger partial charge in [-0.15, -0.1) is 0 Å². The number of carbonyl (C=O) groups is 1. The molecule has 1 aromatic heterocycles. The van der Waals surface area contributed by atoms with Crippen LogP contribution < -0.4 is 5.32 Å². The first-order valence-electron chi connectivity index (χ1n) is 7.33. The number of carboxylic acid groups (broad SMARTS) is 1. The SMILES string of the molecule is CC(C)CC(CNCc1cnn(CC(C)C)c1)C(=O)O. The predicted octanol–water partition coefficient (Wildman–Crippen LogP) is 2.38. The van der Waals surface area contributed by atoms with E-state index in [1.54, 1.807) is 0 Å². The van der Waals surface area contributed by atoms with Gasteiger partial charge in [-0.25, -0.2) is 0 Å². The fourth-order valence-electron chi connectivity index (χ4n) is 2.20. The highest BCUT2D eigenvalue weighted by atomic mass is 16.4. The van der Waals surface area contributed by atoms with E-state index in [0.29, 0.717) is 31.3 Å². The van der Waals surface area contributed by atoms with E-state index in [9.17, 15) is 4.79 Å². The summed E-state index contributed by atoms with van der Waals surface area (Å²) in [5.41, 5.74) is 1.10. The average Bonchev–Trinajstić information content (AvgIpc) is 2.73. The van der Waals surface area contributed by atoms with Gasteiger partial charge in [-0.3, -0.25) is 9.48 Å². The first-order chi connectivity index (χ1) is 9.38. The maximum Gasteiger partial charge on any atom is 0.307 e. The van der Waals surface area contributed by atoms with Gasteiger partial charge in [0.05, 0.1) is 12.1 Å². The predicted molar refractivity (Wildman–Crippen MR) is 79.4 cm³/mol. The lowest BCUT2D eigenvalue weighted by Gasteiger charge is -2.15. The van der Waals surface area contributed by atoms with Crippen LogP contribution >= 0.6 is 0 Å². The van der Waals surface area contributed by atoms with Crippen LogP contribution in [-0.2, 0) is 17.9 Å². The molecule has 2 N–H and O–H groups in total. The van der Waals surface area contributed by atoms with Crippen LogP contribution in [0.4, 0.5) is 0 Å². The molecule has 0 aromatic carbocycles. The van der Waals surface area contributed by atoms with Crippen molar-refractivity contribution in [2.24, 2.45) is 17.8 Å². The van der Waals surface area contributed by atoms with Crippen LogP contribution in [-0.4, -0.2) is 27.4 Å². The van der Waals surface area contributed by atoms with E-state index in [2.05, 4.69) is 24.3 Å². The van der Waals surface area contributed by atoms with E-state index in [4.69, 9.17) is 5.11 Å². The first-order valence-corrected chi connectivity index (χ1v) is 7.33. The maximum atomic E-state index is 11.1. The Bertz CT molecular complexity index is 413. The summed E-state index contributed by atoms with van der Waals surface area (Å²) >= 11 is 0. The largest absolute Gasteiger partial charge is 0.481 e. The van der Waals surface area contributed by atoms with E-state index < -0.39 is 5.97 Å². The molecule has 0 fully saturated rings. The monoisotopic (exact) mass is 281 g/mol. The number of nitrogens with one attached hydrogen (secondary N) is 1. The van der Waals surface area contributed by atoms with Crippen LogP contribution in [0.1, 0.15) is 39.7 Å². The van der Waals surface area contributed by atoms with Crippen LogP contribution in [0.3, 0.4) is 0 Å². The van der Waals surface area contributed by atoms with Gasteiger partial charge in [-0.05, 0) is 18.3 Å². The molecule has 114 valence electrons. The lowest BCUT2D eigenvalue weighted by atomic mass is 9.97. The summed E-state index contributed by atoms with van der Waals surface area (Å²) in [6.07, 6.45) is 4.56. The molecule has 1 unspecified atom stereocenters. The summed E-state index contributed by atoms with van der Waals surface area (Å²) in [4.78, 5) is 11.1. The highest BCUT2D eigenvalue weighted by Crippen LogP contribution is 2.11. The number of aliphatic carboxylic acids is 1. The molecule has 0 aliphatic heterocycles. The maximum absolute atomic E-state index is 11.1. The summed E-state index contributed by atoms with van der Waals surface area (Å²) in [6, 6.07) is 0. The third-order valence-electron chi connectivity index (χ3n) is 3.06. The molecule has 1 heterocycles. The molecule has 0 aliphatic rings. The quantitative estimate of drug-likeness (QED) is 0.729. The van der Waals surface area contributed by atoms with Gasteiger partial charge >= 0.3 is 5.97 Å². The second-order valence-corrected chi connectivity index (χ2v) is 6.26. The fourth-order valence-corrected chi connectivity index (χ4v) is 2.20. The van der Waals surface area contributed by atoms with Gasteiger partial charge in [0, 0.05) is 31.4 Å². The third-order valence-corrected chi connectivity index (χ3v) is 3.06. The molecular formula is C15H27N3O2. The molecule has 5 nitrogen and oxygen atoms in total. The van der Waals surface area contributed by atoms with Crippen molar-refractivity contribution in [2.75, 3.05) is 6.54 Å². The first kappa shape index (κ1) is 16.7. The molecule has 0 bridgehead atoms. The van der Waals surface area contributed by atoms with Gasteiger partial charge in [0.15, 0.2) is 0 Å². The van der Waals surface area contributed by atoms with Crippen LogP contribution in [0.25, 0.3) is 0 Å². The Balaban J connectivity index is 2.38. The van der Waals surface area contributed by atoms with Gasteiger partial charge in [-0.1, -0.05) is 27.7 Å². The van der Waals surface area contributed by atoms with Gasteiger partial charge in [0.25, 0.3) is 0 Å². The molecule has 1 aromatic rings. The Hall–Kier alpha value is -1.36. The summed E-state index contributed by atoms with van der Waals surface area (Å²) < 4.78 is 1.93. The molecule has 0 aliphatic carbocycles. The minimum absolute atomic E-state index is 0.319. The minimum Gasteiger partial charge on any atom is -0.481 e. The van der Waals surface area contributed by atoms with Crippen molar-refractivity contribution in [1.82, 2.24) is 15.1 Å². The van der Waals surface area contributed by atoms with Crippen LogP contribution in [0.2, 0.25) is 0 Å². The van der Waals surface area contributed by atoms with Crippen molar-refractivity contribution >= 4 is 5.97 Å². The lowest BCUT2D eigenvalue weighted by Crippen LogP contribution is -2.29. The Labute approximate surface area is 121 Å². The molecule has 0 amide bonds. The summed E-state index contributed by atoms with van der Waals surface area (Å²) in [5, 5.41) is 16.7. The number of hydrogen-bond donors (Lipinski definition) is 2. The van der Waals surface area contributed by atoms with Gasteiger partial charge in [0.2, 0.25) is 0 Å². The smallest absolute Gasteiger partial charge is 0.307 e. The number of nitrogens with zero attached hydrogens (tertiary/aromatic N) is 2. The average molecular weight is 281 g/mol. The molecule has 5 heteroatoms. The van der Waals surface area contributed by atoms with Gasteiger partial charge in [0.1, 0.15) is 0 Å². The van der Waals surface area contributed by atoms with Crippen LogP contribution in [0.5, 0.6) is 0 Å². The fraction of sp³-hybridized carbons (Fsp3) is 0.733. The molecule has 1 rings (SSSR count). The molecule has 0 saturated carbocycles. The van der Waals surface area contributed by atoms with E-state index in [0.717, 1.165) is 12.1 Å². The molecule has 0 radical (unpaired) electrons. The van der Waals surface area contributed by atoms with Crippen LogP contribution in [0, 0.1) is 17.8 Å². The second-order valence-electron chi connectivity index (χ2n) is 6.26. The standard InChI is InChI=1S/C15H27N3O2/c1-11(2)5-14(15(19)20)8-16-6-13-7-17-18(10-13)9-12(3)4/h7,10-12,14,16H,5-6,8-9H2,1-4H3,(H,19,20). The number of aromatic nitrogens is 2. The zero-order valence-corrected chi connectivity index (χ0v) is 13.0. The molecule has 1 atom stereocenters. The van der Waals surface area contributed by atoms with Crippen LogP contribution in [0.15, 0.2) is 12.4 Å². The van der Waals surface area contributed by atoms with Crippen molar-refractivity contribution in [3.8, 4) is 0 Å². The van der Waals surface area contributed by atoms with Crippen molar-refractivity contribution in [3.05, 3.63) is 18.0 Å². The molecule has 0 saturated heterocycles. The normalized spacial score (nSPS) is 13.1. The Kier molecular flexibility index (Phi) is 6.71. The number of carboxylic acids is 1. The molecule has 0 spiro atoms. The van der Waals surface area contributed by atoms with Crippen molar-refractivity contribution in [1.29, 1.82) is 0 Å². The van der Waals surface area contributed by atoms with Gasteiger partial charge < -0.3 is 10.4 Å². The summed E-state index contributed by atoms with van der Waals surface area (Å²) in [5.74, 6) is -0.0766. The van der Waals surface area contributed by atoms with E-state index in [-0.39, 0.29) is 5.92 Å². The van der Waals surface area contributed by atoms with E-state index in [1.807, 2.05) is 30.9 Å². The highest BCUT2D eigenvalue weighted by molar-refractivity contribution is 5.70. The topological polar surface area (TPSA) is 67.2 Å². The lowest BCUT2D eigenvalue weighted by molar-refractivity contribution is -0.142. The molecule has 20 heavy (non-hydrogen) atoms. The second kappa shape index (κ2) is 8.04. The Morgan fingerprint density at radius 2 is 2.05 bits per heavy atom. The van der Waals surface area contributed by atoms with E-state index in [1.165, 1.54) is 0 Å². The van der Waals surface area contributed by atoms with Crippen molar-refractivity contribution < 1.29 is 9.90 Å². The Morgan fingerprint density at radius 1 is 1.35 bits per heavy atom. The third kappa shape index (κ3) is 6.19. The van der Waals surface area contributed by atoms with Crippen molar-refractivity contribution in [3.63, 3.8) is 0 Å². The molecular weight excluding hydrogens is 254 g/mol. The summed E-state index contributed by atoms with van der Waals surface area (Å²) in [7, 11) is 0. The highest BCUT2D eigenvalue weighted by Gasteiger charge is 2.18. The van der Waals surface area contributed by atoms with Gasteiger partial charge in [-0.2, -0.15) is 5.10 Å².